The Bertz CT molecular complexity index is 2430. The monoisotopic (exact) mass is 849 g/mol. The molecule has 0 saturated carbocycles. The molecule has 6 aromatic carbocycles. The molecule has 0 bridgehead atoms. The Balaban J connectivity index is 0.000000503. The van der Waals surface area contributed by atoms with E-state index in [1.54, 1.807) is 0 Å². The maximum atomic E-state index is 12.1. The Hall–Kier alpha value is -2.83. The van der Waals surface area contributed by atoms with Crippen molar-refractivity contribution >= 4 is 87.7 Å². The molecule has 0 aromatic heterocycles. The second-order valence-corrected chi connectivity index (χ2v) is 13.8. The van der Waals surface area contributed by atoms with Crippen LogP contribution in [0.2, 0.25) is 10.0 Å². The third-order valence-corrected chi connectivity index (χ3v) is 8.92. The fourth-order valence-electron chi connectivity index (χ4n) is 4.41. The first-order chi connectivity index (χ1) is 23.5. The second-order valence-electron chi connectivity index (χ2n) is 10.1. The third-order valence-electron chi connectivity index (χ3n) is 6.79. The van der Waals surface area contributed by atoms with Crippen LogP contribution in [0.5, 0.6) is 23.0 Å². The van der Waals surface area contributed by atoms with Crippen molar-refractivity contribution in [1.82, 2.24) is 0 Å². The van der Waals surface area contributed by atoms with E-state index in [0.29, 0.717) is 31.6 Å². The molecule has 0 aliphatic rings. The van der Waals surface area contributed by atoms with Crippen molar-refractivity contribution in [2.45, 2.75) is 9.79 Å². The SMILES string of the molecule is O=S(=O)([O-])c1ccc2c(N=Nc3cc(Cl)ccc3[O-])c([O-])ccc2c1.O=S(=O)([O-])c1ccc2c(N=Nc3cc(Cl)ccc3[O-])c([O-])ccc2c1.[Cr+3].[H+].[Na+].[Na+]. The molecule has 0 saturated heterocycles. The molecular weight excluding hydrogens is 833 g/mol. The van der Waals surface area contributed by atoms with Crippen LogP contribution < -0.4 is 79.5 Å². The van der Waals surface area contributed by atoms with Gasteiger partial charge in [-0.25, -0.2) is 16.8 Å². The van der Waals surface area contributed by atoms with E-state index in [1.807, 2.05) is 0 Å². The molecule has 6 rings (SSSR count). The quantitative estimate of drug-likeness (QED) is 0.124. The zero-order valence-corrected chi connectivity index (χ0v) is 35.5. The van der Waals surface area contributed by atoms with E-state index in [1.165, 1.54) is 72.8 Å². The van der Waals surface area contributed by atoms with Crippen LogP contribution in [0.25, 0.3) is 21.5 Å². The van der Waals surface area contributed by atoms with Gasteiger partial charge in [0.25, 0.3) is 0 Å². The van der Waals surface area contributed by atoms with Crippen LogP contribution >= 0.6 is 23.2 Å². The second kappa shape index (κ2) is 19.2. The molecule has 259 valence electrons. The minimum absolute atomic E-state index is 0. The number of fused-ring (bicyclic) bond motifs is 2. The summed E-state index contributed by atoms with van der Waals surface area (Å²) >= 11 is 11.6. The zero-order valence-electron chi connectivity index (χ0n) is 28.1. The summed E-state index contributed by atoms with van der Waals surface area (Å²) in [5.74, 6) is -1.77. The molecule has 0 atom stereocenters. The van der Waals surface area contributed by atoms with Gasteiger partial charge in [0.2, 0.25) is 0 Å². The Morgan fingerprint density at radius 1 is 0.472 bits per heavy atom. The molecule has 0 N–H and O–H groups in total. The molecule has 21 heteroatoms. The Labute approximate surface area is 368 Å². The molecule has 6 aromatic rings. The average Bonchev–Trinajstić information content (AvgIpc) is 3.05. The summed E-state index contributed by atoms with van der Waals surface area (Å²) in [6.45, 7) is 0. The minimum atomic E-state index is -4.62. The van der Waals surface area contributed by atoms with E-state index in [2.05, 4.69) is 20.5 Å². The summed E-state index contributed by atoms with van der Waals surface area (Å²) in [5, 5.41) is 64.5. The van der Waals surface area contributed by atoms with E-state index in [4.69, 9.17) is 23.2 Å². The third kappa shape index (κ3) is 11.6. The number of nitrogens with zero attached hydrogens (tertiary/aromatic N) is 4. The van der Waals surface area contributed by atoms with E-state index in [0.717, 1.165) is 24.3 Å². The average molecular weight is 851 g/mol. The Kier molecular flexibility index (Phi) is 16.7. The van der Waals surface area contributed by atoms with Crippen molar-refractivity contribution in [2.24, 2.45) is 20.5 Å². The summed E-state index contributed by atoms with van der Waals surface area (Å²) in [6, 6.07) is 20.1. The van der Waals surface area contributed by atoms with Crippen LogP contribution in [0.3, 0.4) is 0 Å². The van der Waals surface area contributed by atoms with Gasteiger partial charge in [-0.15, -0.1) is 0 Å². The largest absolute Gasteiger partial charge is 3.00 e. The van der Waals surface area contributed by atoms with Gasteiger partial charge in [0, 0.05) is 20.8 Å². The van der Waals surface area contributed by atoms with Crippen LogP contribution in [-0.4, -0.2) is 25.9 Å². The first kappa shape index (κ1) is 46.3. The fraction of sp³-hybridized carbons (Fsp3) is 0. The number of halogens is 2. The van der Waals surface area contributed by atoms with Gasteiger partial charge in [-0.05, 0) is 59.3 Å². The van der Waals surface area contributed by atoms with Crippen molar-refractivity contribution in [3.8, 4) is 23.0 Å². The summed E-state index contributed by atoms with van der Waals surface area (Å²) in [5.41, 5.74) is -0.233. The molecule has 0 unspecified atom stereocenters. The van der Waals surface area contributed by atoms with Crippen molar-refractivity contribution in [3.63, 3.8) is 0 Å². The van der Waals surface area contributed by atoms with E-state index in [9.17, 15) is 46.4 Å². The molecule has 0 spiro atoms. The fourth-order valence-corrected chi connectivity index (χ4v) is 5.75. The van der Waals surface area contributed by atoms with Crippen molar-refractivity contribution in [3.05, 3.63) is 107 Å². The van der Waals surface area contributed by atoms with Gasteiger partial charge in [0.1, 0.15) is 20.2 Å². The van der Waals surface area contributed by atoms with Crippen molar-refractivity contribution in [1.29, 1.82) is 0 Å². The number of rotatable bonds is 6. The van der Waals surface area contributed by atoms with E-state index >= 15 is 0 Å². The smallest absolute Gasteiger partial charge is 0.871 e. The van der Waals surface area contributed by atoms with E-state index < -0.39 is 53.0 Å². The van der Waals surface area contributed by atoms with Crippen molar-refractivity contribution < 1.29 is 124 Å². The van der Waals surface area contributed by atoms with Gasteiger partial charge >= 0.3 is 77.9 Å². The molecule has 0 amide bonds. The van der Waals surface area contributed by atoms with Gasteiger partial charge in [0.15, 0.2) is 0 Å². The van der Waals surface area contributed by atoms with Gasteiger partial charge < -0.3 is 29.5 Å². The molecule has 53 heavy (non-hydrogen) atoms. The standard InChI is InChI=1S/2C16H11ClN2O5S.Cr.2Na/c2*17-10-2-6-14(20)13(8-10)18-19-16-12-4-3-11(25(22,23)24)7-9(12)1-5-15(16)21;;;/h2*1-8,20-21H,(H,22,23,24);;;/q;;+3;2*+1/p-5. The number of azo groups is 2. The van der Waals surface area contributed by atoms with Gasteiger partial charge in [-0.2, -0.15) is 20.5 Å². The predicted molar refractivity (Wildman–Crippen MR) is 174 cm³/mol. The van der Waals surface area contributed by atoms with Crippen molar-refractivity contribution in [2.75, 3.05) is 0 Å². The minimum Gasteiger partial charge on any atom is -0.871 e. The number of benzene rings is 6. The van der Waals surface area contributed by atoms with Gasteiger partial charge in [0.05, 0.1) is 32.5 Å². The zero-order chi connectivity index (χ0) is 36.4. The normalized spacial score (nSPS) is 11.4. The van der Waals surface area contributed by atoms with Crippen LogP contribution in [0, 0.1) is 0 Å². The summed E-state index contributed by atoms with van der Waals surface area (Å²) in [7, 11) is -9.24. The summed E-state index contributed by atoms with van der Waals surface area (Å²) in [6.07, 6.45) is 0. The van der Waals surface area contributed by atoms with Crippen LogP contribution in [0.4, 0.5) is 22.7 Å². The van der Waals surface area contributed by atoms with Crippen LogP contribution in [0.15, 0.2) is 127 Å². The topological polar surface area (TPSA) is 256 Å². The van der Waals surface area contributed by atoms with Crippen LogP contribution in [-0.2, 0) is 37.6 Å². The molecular formula is C32H17Cl2CrN4Na2O10S2. The molecule has 14 nitrogen and oxygen atoms in total. The van der Waals surface area contributed by atoms with Crippen LogP contribution in [0.1, 0.15) is 1.43 Å². The number of hydrogen-bond acceptors (Lipinski definition) is 14. The van der Waals surface area contributed by atoms with Gasteiger partial charge in [-0.1, -0.05) is 94.7 Å². The molecule has 0 heterocycles. The molecule has 1 radical (unpaired) electrons. The Morgan fingerprint density at radius 2 is 0.811 bits per heavy atom. The van der Waals surface area contributed by atoms with Gasteiger partial charge in [-0.3, -0.25) is 0 Å². The molecule has 0 fully saturated rings. The Morgan fingerprint density at radius 3 is 1.15 bits per heavy atom. The molecule has 0 aliphatic heterocycles. The van der Waals surface area contributed by atoms with E-state index in [-0.39, 0.29) is 101 Å². The maximum absolute atomic E-state index is 12.1. The summed E-state index contributed by atoms with van der Waals surface area (Å²) < 4.78 is 66.6. The first-order valence-corrected chi connectivity index (χ1v) is 17.2. The molecule has 0 aliphatic carbocycles. The first-order valence-electron chi connectivity index (χ1n) is 13.7. The predicted octanol–water partition coefficient (Wildman–Crippen LogP) is 0.0378. The summed E-state index contributed by atoms with van der Waals surface area (Å²) in [4.78, 5) is -0.837. The number of hydrogen-bond donors (Lipinski definition) is 0. The maximum Gasteiger partial charge on any atom is 3.00 e.